The molecule has 2 aliphatic rings. The molecule has 2 heterocycles. The summed E-state index contributed by atoms with van der Waals surface area (Å²) < 4.78 is 27.1. The van der Waals surface area contributed by atoms with Gasteiger partial charge in [0.1, 0.15) is 12.0 Å². The number of benzene rings is 1. The number of piperidine rings is 1. The number of hydrogen-bond donors (Lipinski definition) is 1. The molecular formula is C14H17F2N. The molecule has 1 aromatic rings. The molecule has 0 aliphatic carbocycles. The van der Waals surface area contributed by atoms with Gasteiger partial charge in [-0.3, -0.25) is 0 Å². The smallest absolute Gasteiger partial charge is 0.123 e. The van der Waals surface area contributed by atoms with E-state index in [2.05, 4.69) is 5.32 Å². The van der Waals surface area contributed by atoms with E-state index in [-0.39, 0.29) is 17.8 Å². The van der Waals surface area contributed by atoms with Crippen LogP contribution in [0.1, 0.15) is 24.8 Å². The highest BCUT2D eigenvalue weighted by Gasteiger charge is 2.41. The van der Waals surface area contributed by atoms with Gasteiger partial charge in [-0.25, -0.2) is 8.78 Å². The first-order valence-electron chi connectivity index (χ1n) is 6.37. The Morgan fingerprint density at radius 1 is 1.29 bits per heavy atom. The molecule has 3 rings (SSSR count). The van der Waals surface area contributed by atoms with Crippen molar-refractivity contribution in [1.29, 1.82) is 0 Å². The van der Waals surface area contributed by atoms with Crippen molar-refractivity contribution in [3.63, 3.8) is 0 Å². The molecule has 0 spiro atoms. The van der Waals surface area contributed by atoms with Crippen LogP contribution in [0.5, 0.6) is 0 Å². The van der Waals surface area contributed by atoms with Crippen molar-refractivity contribution >= 4 is 0 Å². The second-order valence-corrected chi connectivity index (χ2v) is 5.30. The molecule has 92 valence electrons. The maximum absolute atomic E-state index is 14.0. The topological polar surface area (TPSA) is 12.0 Å². The highest BCUT2D eigenvalue weighted by Crippen LogP contribution is 2.35. The first-order valence-corrected chi connectivity index (χ1v) is 6.37. The zero-order valence-electron chi connectivity index (χ0n) is 9.70. The van der Waals surface area contributed by atoms with Crippen LogP contribution in [0, 0.1) is 11.7 Å². The summed E-state index contributed by atoms with van der Waals surface area (Å²) in [5, 5.41) is 3.47. The van der Waals surface area contributed by atoms with E-state index in [1.165, 1.54) is 12.1 Å². The Morgan fingerprint density at radius 2 is 2.18 bits per heavy atom. The summed E-state index contributed by atoms with van der Waals surface area (Å²) in [4.78, 5) is 0. The molecule has 4 unspecified atom stereocenters. The summed E-state index contributed by atoms with van der Waals surface area (Å²) in [5.41, 5.74) is 0.907. The average Bonchev–Trinajstić information content (AvgIpc) is 2.68. The molecule has 17 heavy (non-hydrogen) atoms. The Kier molecular flexibility index (Phi) is 2.87. The number of rotatable bonds is 2. The van der Waals surface area contributed by atoms with Crippen LogP contribution in [-0.2, 0) is 6.42 Å². The van der Waals surface area contributed by atoms with Crippen molar-refractivity contribution in [1.82, 2.24) is 5.32 Å². The van der Waals surface area contributed by atoms with Crippen LogP contribution in [-0.4, -0.2) is 18.3 Å². The van der Waals surface area contributed by atoms with E-state index < -0.39 is 6.17 Å². The predicted octanol–water partition coefficient (Wildman–Crippen LogP) is 2.85. The SMILES string of the molecule is Fc1cccc(CC2C(F)CC3CCC2N3)c1. The van der Waals surface area contributed by atoms with Crippen molar-refractivity contribution in [3.8, 4) is 0 Å². The van der Waals surface area contributed by atoms with Gasteiger partial charge < -0.3 is 5.32 Å². The minimum atomic E-state index is -0.739. The van der Waals surface area contributed by atoms with Crippen LogP contribution < -0.4 is 5.32 Å². The Morgan fingerprint density at radius 3 is 3.00 bits per heavy atom. The summed E-state index contributed by atoms with van der Waals surface area (Å²) in [7, 11) is 0. The molecule has 3 heteroatoms. The highest BCUT2D eigenvalue weighted by molar-refractivity contribution is 5.18. The maximum Gasteiger partial charge on any atom is 0.123 e. The van der Waals surface area contributed by atoms with Gasteiger partial charge in [-0.1, -0.05) is 12.1 Å². The lowest BCUT2D eigenvalue weighted by atomic mass is 9.85. The number of nitrogens with one attached hydrogen (secondary N) is 1. The summed E-state index contributed by atoms with van der Waals surface area (Å²) >= 11 is 0. The van der Waals surface area contributed by atoms with E-state index in [9.17, 15) is 8.78 Å². The van der Waals surface area contributed by atoms with Crippen molar-refractivity contribution in [3.05, 3.63) is 35.6 Å². The van der Waals surface area contributed by atoms with E-state index in [1.54, 1.807) is 6.07 Å². The molecule has 1 N–H and O–H groups in total. The molecule has 0 amide bonds. The van der Waals surface area contributed by atoms with Crippen LogP contribution in [0.2, 0.25) is 0 Å². The number of fused-ring (bicyclic) bond motifs is 2. The van der Waals surface area contributed by atoms with Gasteiger partial charge in [0.25, 0.3) is 0 Å². The van der Waals surface area contributed by atoms with Gasteiger partial charge in [-0.15, -0.1) is 0 Å². The van der Waals surface area contributed by atoms with Crippen LogP contribution >= 0.6 is 0 Å². The molecule has 0 radical (unpaired) electrons. The van der Waals surface area contributed by atoms with Gasteiger partial charge in [-0.2, -0.15) is 0 Å². The van der Waals surface area contributed by atoms with E-state index in [4.69, 9.17) is 0 Å². The zero-order chi connectivity index (χ0) is 11.8. The third-order valence-electron chi connectivity index (χ3n) is 4.13. The van der Waals surface area contributed by atoms with Crippen molar-refractivity contribution in [2.24, 2.45) is 5.92 Å². The largest absolute Gasteiger partial charge is 0.311 e. The monoisotopic (exact) mass is 237 g/mol. The third-order valence-corrected chi connectivity index (χ3v) is 4.13. The number of halogens is 2. The first-order chi connectivity index (χ1) is 8.22. The second kappa shape index (κ2) is 4.37. The van der Waals surface area contributed by atoms with Gasteiger partial charge >= 0.3 is 0 Å². The second-order valence-electron chi connectivity index (χ2n) is 5.30. The van der Waals surface area contributed by atoms with E-state index in [0.29, 0.717) is 18.9 Å². The van der Waals surface area contributed by atoms with Crippen molar-refractivity contribution in [2.45, 2.75) is 43.9 Å². The van der Waals surface area contributed by atoms with E-state index in [1.807, 2.05) is 6.07 Å². The molecule has 2 saturated heterocycles. The third kappa shape index (κ3) is 2.21. The summed E-state index contributed by atoms with van der Waals surface area (Å²) in [5.74, 6) is -0.221. The van der Waals surface area contributed by atoms with E-state index >= 15 is 0 Å². The molecule has 1 nitrogen and oxygen atoms in total. The van der Waals surface area contributed by atoms with Gasteiger partial charge in [0.2, 0.25) is 0 Å². The summed E-state index contributed by atoms with van der Waals surface area (Å²) in [6, 6.07) is 7.20. The van der Waals surface area contributed by atoms with Crippen LogP contribution in [0.3, 0.4) is 0 Å². The standard InChI is InChI=1S/C14H17F2N/c15-10-3-1-2-9(6-10)7-12-13(16)8-11-4-5-14(12)17-11/h1-3,6,11-14,17H,4-5,7-8H2. The summed E-state index contributed by atoms with van der Waals surface area (Å²) in [6.45, 7) is 0. The van der Waals surface area contributed by atoms with Crippen LogP contribution in [0.15, 0.2) is 24.3 Å². The Hall–Kier alpha value is -0.960. The Labute approximate surface area is 100 Å². The fourth-order valence-electron chi connectivity index (χ4n) is 3.28. The summed E-state index contributed by atoms with van der Waals surface area (Å²) in [6.07, 6.45) is 2.67. The first kappa shape index (κ1) is 11.1. The fraction of sp³-hybridized carbons (Fsp3) is 0.571. The molecule has 1 aromatic carbocycles. The molecule has 2 fully saturated rings. The molecule has 0 saturated carbocycles. The lowest BCUT2D eigenvalue weighted by Gasteiger charge is -2.33. The molecule has 2 aliphatic heterocycles. The van der Waals surface area contributed by atoms with Gasteiger partial charge in [0, 0.05) is 18.0 Å². The van der Waals surface area contributed by atoms with Crippen molar-refractivity contribution < 1.29 is 8.78 Å². The fourth-order valence-corrected chi connectivity index (χ4v) is 3.28. The molecule has 0 aromatic heterocycles. The minimum Gasteiger partial charge on any atom is -0.311 e. The van der Waals surface area contributed by atoms with Crippen LogP contribution in [0.25, 0.3) is 0 Å². The van der Waals surface area contributed by atoms with Crippen molar-refractivity contribution in [2.75, 3.05) is 0 Å². The van der Waals surface area contributed by atoms with E-state index in [0.717, 1.165) is 18.4 Å². The lowest BCUT2D eigenvalue weighted by Crippen LogP contribution is -2.47. The van der Waals surface area contributed by atoms with Crippen LogP contribution in [0.4, 0.5) is 8.78 Å². The molecule has 2 bridgehead atoms. The van der Waals surface area contributed by atoms with Gasteiger partial charge in [0.05, 0.1) is 0 Å². The number of alkyl halides is 1. The normalized spacial score (nSPS) is 36.1. The average molecular weight is 237 g/mol. The quantitative estimate of drug-likeness (QED) is 0.834. The van der Waals surface area contributed by atoms with Gasteiger partial charge in [0.15, 0.2) is 0 Å². The van der Waals surface area contributed by atoms with Gasteiger partial charge in [-0.05, 0) is 43.4 Å². The lowest BCUT2D eigenvalue weighted by molar-refractivity contribution is 0.136. The minimum absolute atomic E-state index is 0.00977. The highest BCUT2D eigenvalue weighted by atomic mass is 19.1. The molecule has 4 atom stereocenters. The zero-order valence-corrected chi connectivity index (χ0v) is 9.70. The Bertz CT molecular complexity index is 407. The maximum atomic E-state index is 14.0. The molecular weight excluding hydrogens is 220 g/mol. The number of hydrogen-bond acceptors (Lipinski definition) is 1. The predicted molar refractivity (Wildman–Crippen MR) is 63.1 cm³/mol. The Balaban J connectivity index is 1.75.